The monoisotopic (exact) mass is 416 g/mol. The van der Waals surface area contributed by atoms with Crippen molar-refractivity contribution in [1.82, 2.24) is 24.7 Å². The van der Waals surface area contributed by atoms with Crippen molar-refractivity contribution in [3.05, 3.63) is 53.3 Å². The number of hydrogen-bond acceptors (Lipinski definition) is 5. The molecule has 0 N–H and O–H groups in total. The average molecular weight is 416 g/mol. The number of hydrogen-bond donors (Lipinski definition) is 0. The fourth-order valence-corrected chi connectivity index (χ4v) is 4.24. The Morgan fingerprint density at radius 2 is 1.83 bits per heavy atom. The van der Waals surface area contributed by atoms with Gasteiger partial charge in [-0.25, -0.2) is 0 Å². The third-order valence-corrected chi connectivity index (χ3v) is 5.81. The summed E-state index contributed by atoms with van der Waals surface area (Å²) in [4.78, 5) is 16.8. The minimum absolute atomic E-state index is 0.0323. The SMILES string of the molecule is O=C(C1CCN(c2ccc3nnc(C(F)(F)F)n3n2)C1)N1CCc2ccccc2C1. The van der Waals surface area contributed by atoms with Gasteiger partial charge in [0, 0.05) is 26.2 Å². The van der Waals surface area contributed by atoms with Crippen molar-refractivity contribution in [3.63, 3.8) is 0 Å². The lowest BCUT2D eigenvalue weighted by Crippen LogP contribution is -2.40. The van der Waals surface area contributed by atoms with E-state index >= 15 is 0 Å². The largest absolute Gasteiger partial charge is 0.453 e. The number of carbonyl (C=O) groups excluding carboxylic acids is 1. The van der Waals surface area contributed by atoms with Gasteiger partial charge in [0.05, 0.1) is 5.92 Å². The molecule has 2 aliphatic heterocycles. The molecule has 0 radical (unpaired) electrons. The van der Waals surface area contributed by atoms with Crippen molar-refractivity contribution in [3.8, 4) is 0 Å². The summed E-state index contributed by atoms with van der Waals surface area (Å²) in [6, 6.07) is 11.2. The Morgan fingerprint density at radius 3 is 2.63 bits per heavy atom. The number of alkyl halides is 3. The van der Waals surface area contributed by atoms with E-state index in [9.17, 15) is 18.0 Å². The highest BCUT2D eigenvalue weighted by Crippen LogP contribution is 2.30. The molecule has 0 spiro atoms. The van der Waals surface area contributed by atoms with E-state index in [1.807, 2.05) is 28.0 Å². The Hall–Kier alpha value is -3.17. The van der Waals surface area contributed by atoms with Crippen molar-refractivity contribution < 1.29 is 18.0 Å². The van der Waals surface area contributed by atoms with Crippen LogP contribution in [0.2, 0.25) is 0 Å². The van der Waals surface area contributed by atoms with Crippen molar-refractivity contribution in [2.75, 3.05) is 24.5 Å². The number of halogens is 3. The van der Waals surface area contributed by atoms with Crippen LogP contribution in [-0.4, -0.2) is 50.3 Å². The molecule has 1 saturated heterocycles. The number of rotatable bonds is 2. The first kappa shape index (κ1) is 18.8. The summed E-state index contributed by atoms with van der Waals surface area (Å²) in [5.74, 6) is -0.880. The number of aromatic nitrogens is 4. The van der Waals surface area contributed by atoms with Gasteiger partial charge in [0.1, 0.15) is 5.82 Å². The molecule has 2 aromatic heterocycles. The van der Waals surface area contributed by atoms with Gasteiger partial charge in [-0.1, -0.05) is 24.3 Å². The first-order chi connectivity index (χ1) is 14.4. The molecule has 2 aliphatic rings. The Labute approximate surface area is 170 Å². The Balaban J connectivity index is 1.32. The Kier molecular flexibility index (Phi) is 4.37. The topological polar surface area (TPSA) is 66.6 Å². The normalized spacial score (nSPS) is 19.4. The second-order valence-corrected chi connectivity index (χ2v) is 7.69. The number of amides is 1. The molecule has 7 nitrogen and oxygen atoms in total. The summed E-state index contributed by atoms with van der Waals surface area (Å²) < 4.78 is 40.1. The number of fused-ring (bicyclic) bond motifs is 2. The molecular weight excluding hydrogens is 397 g/mol. The van der Waals surface area contributed by atoms with Crippen LogP contribution in [-0.2, 0) is 23.9 Å². The van der Waals surface area contributed by atoms with Gasteiger partial charge in [0.15, 0.2) is 5.65 Å². The van der Waals surface area contributed by atoms with E-state index in [1.54, 1.807) is 6.07 Å². The van der Waals surface area contributed by atoms with Crippen LogP contribution in [0.4, 0.5) is 19.0 Å². The first-order valence-electron chi connectivity index (χ1n) is 9.80. The van der Waals surface area contributed by atoms with E-state index in [0.717, 1.165) is 6.42 Å². The van der Waals surface area contributed by atoms with E-state index in [-0.39, 0.29) is 17.5 Å². The molecule has 30 heavy (non-hydrogen) atoms. The minimum atomic E-state index is -4.64. The van der Waals surface area contributed by atoms with E-state index in [4.69, 9.17) is 0 Å². The molecule has 1 atom stereocenters. The van der Waals surface area contributed by atoms with Crippen LogP contribution in [0.15, 0.2) is 36.4 Å². The molecule has 1 fully saturated rings. The first-order valence-corrected chi connectivity index (χ1v) is 9.80. The molecule has 156 valence electrons. The second-order valence-electron chi connectivity index (χ2n) is 7.69. The highest BCUT2D eigenvalue weighted by atomic mass is 19.4. The van der Waals surface area contributed by atoms with Crippen LogP contribution >= 0.6 is 0 Å². The highest BCUT2D eigenvalue weighted by Gasteiger charge is 2.38. The molecule has 1 unspecified atom stereocenters. The lowest BCUT2D eigenvalue weighted by Gasteiger charge is -2.31. The summed E-state index contributed by atoms with van der Waals surface area (Å²) in [7, 11) is 0. The Bertz CT molecular complexity index is 1110. The van der Waals surface area contributed by atoms with E-state index in [2.05, 4.69) is 21.4 Å². The van der Waals surface area contributed by atoms with Crippen LogP contribution in [0.3, 0.4) is 0 Å². The minimum Gasteiger partial charge on any atom is -0.354 e. The van der Waals surface area contributed by atoms with E-state index in [0.29, 0.717) is 42.9 Å². The Morgan fingerprint density at radius 1 is 1.03 bits per heavy atom. The van der Waals surface area contributed by atoms with Gasteiger partial charge in [-0.05, 0) is 36.1 Å². The average Bonchev–Trinajstić information content (AvgIpc) is 3.39. The summed E-state index contributed by atoms with van der Waals surface area (Å²) in [6.45, 7) is 2.28. The lowest BCUT2D eigenvalue weighted by atomic mass is 9.98. The molecule has 0 saturated carbocycles. The lowest BCUT2D eigenvalue weighted by molar-refractivity contribution is -0.146. The van der Waals surface area contributed by atoms with Gasteiger partial charge in [0.2, 0.25) is 5.91 Å². The van der Waals surface area contributed by atoms with Crippen LogP contribution in [0, 0.1) is 5.92 Å². The molecule has 1 aromatic carbocycles. The van der Waals surface area contributed by atoms with Gasteiger partial charge in [-0.2, -0.15) is 17.7 Å². The molecule has 4 heterocycles. The standard InChI is InChI=1S/C20H19F3N6O/c21-20(22,23)19-25-24-16-5-6-17(26-29(16)19)27-9-8-15(12-27)18(30)28-10-7-13-3-1-2-4-14(13)11-28/h1-6,15H,7-12H2. The third-order valence-electron chi connectivity index (χ3n) is 5.81. The zero-order chi connectivity index (χ0) is 20.9. The van der Waals surface area contributed by atoms with Crippen molar-refractivity contribution >= 4 is 17.4 Å². The van der Waals surface area contributed by atoms with Crippen LogP contribution < -0.4 is 4.90 Å². The molecule has 0 aliphatic carbocycles. The smallest absolute Gasteiger partial charge is 0.354 e. The number of anilines is 1. The second kappa shape index (κ2) is 6.96. The van der Waals surface area contributed by atoms with Crippen molar-refractivity contribution in [1.29, 1.82) is 0 Å². The van der Waals surface area contributed by atoms with Crippen molar-refractivity contribution in [2.45, 2.75) is 25.6 Å². The van der Waals surface area contributed by atoms with E-state index < -0.39 is 12.0 Å². The number of carbonyl (C=O) groups is 1. The summed E-state index contributed by atoms with van der Waals surface area (Å²) in [5, 5.41) is 10.8. The zero-order valence-electron chi connectivity index (χ0n) is 16.0. The van der Waals surface area contributed by atoms with Crippen molar-refractivity contribution in [2.24, 2.45) is 5.92 Å². The maximum Gasteiger partial charge on any atom is 0.453 e. The highest BCUT2D eigenvalue weighted by molar-refractivity contribution is 5.80. The van der Waals surface area contributed by atoms with E-state index in [1.165, 1.54) is 17.2 Å². The summed E-state index contributed by atoms with van der Waals surface area (Å²) in [6.07, 6.45) is -3.16. The molecule has 5 rings (SSSR count). The predicted octanol–water partition coefficient (Wildman–Crippen LogP) is 2.55. The molecule has 0 bridgehead atoms. The zero-order valence-corrected chi connectivity index (χ0v) is 16.0. The molecule has 3 aromatic rings. The summed E-state index contributed by atoms with van der Waals surface area (Å²) >= 11 is 0. The summed E-state index contributed by atoms with van der Waals surface area (Å²) in [5.41, 5.74) is 2.48. The molecule has 10 heteroatoms. The quantitative estimate of drug-likeness (QED) is 0.643. The fourth-order valence-electron chi connectivity index (χ4n) is 4.24. The van der Waals surface area contributed by atoms with Gasteiger partial charge < -0.3 is 9.80 Å². The maximum absolute atomic E-state index is 13.1. The molecular formula is C20H19F3N6O. The van der Waals surface area contributed by atoms with Gasteiger partial charge in [0.25, 0.3) is 5.82 Å². The number of nitrogens with zero attached hydrogens (tertiary/aromatic N) is 6. The predicted molar refractivity (Wildman–Crippen MR) is 102 cm³/mol. The van der Waals surface area contributed by atoms with Crippen LogP contribution in [0.25, 0.3) is 5.65 Å². The third kappa shape index (κ3) is 3.25. The van der Waals surface area contributed by atoms with Crippen LogP contribution in [0.5, 0.6) is 0 Å². The number of benzene rings is 1. The van der Waals surface area contributed by atoms with Gasteiger partial charge in [-0.3, -0.25) is 4.79 Å². The van der Waals surface area contributed by atoms with Gasteiger partial charge in [-0.15, -0.1) is 15.3 Å². The molecule has 1 amide bonds. The fraction of sp³-hybridized carbons (Fsp3) is 0.400. The van der Waals surface area contributed by atoms with Crippen LogP contribution in [0.1, 0.15) is 23.4 Å². The van der Waals surface area contributed by atoms with Gasteiger partial charge >= 0.3 is 6.18 Å². The maximum atomic E-state index is 13.1.